The van der Waals surface area contributed by atoms with Gasteiger partial charge in [-0.05, 0) is 42.7 Å². The maximum Gasteiger partial charge on any atom is 0.387 e. The van der Waals surface area contributed by atoms with Gasteiger partial charge in [0.25, 0.3) is 5.91 Å². The Balaban J connectivity index is 1.62. The van der Waals surface area contributed by atoms with Gasteiger partial charge in [0.05, 0.1) is 5.56 Å². The molecule has 1 aliphatic rings. The van der Waals surface area contributed by atoms with Gasteiger partial charge in [-0.15, -0.1) is 0 Å². The van der Waals surface area contributed by atoms with Crippen molar-refractivity contribution < 1.29 is 27.8 Å². The molecule has 2 aromatic rings. The number of nitrogens with zero attached hydrogens (tertiary/aromatic N) is 1. The normalized spacial score (nSPS) is 13.3. The summed E-state index contributed by atoms with van der Waals surface area (Å²) in [6.45, 7) is -2.85. The molecule has 0 radical (unpaired) electrons. The molecule has 0 bridgehead atoms. The van der Waals surface area contributed by atoms with E-state index >= 15 is 0 Å². The van der Waals surface area contributed by atoms with E-state index in [4.69, 9.17) is 4.74 Å². The SMILES string of the molecule is O=C(OCC(=O)N1CCCc2ccccc21)c1cccc(OC(F)F)c1. The Hall–Kier alpha value is -2.96. The number of benzene rings is 2. The van der Waals surface area contributed by atoms with Gasteiger partial charge in [-0.25, -0.2) is 4.79 Å². The molecule has 1 amide bonds. The quantitative estimate of drug-likeness (QED) is 0.766. The van der Waals surface area contributed by atoms with Crippen molar-refractivity contribution in [1.82, 2.24) is 0 Å². The molecule has 0 atom stereocenters. The maximum atomic E-state index is 12.4. The predicted molar refractivity (Wildman–Crippen MR) is 90.5 cm³/mol. The number of carbonyl (C=O) groups excluding carboxylic acids is 2. The highest BCUT2D eigenvalue weighted by atomic mass is 19.3. The first-order chi connectivity index (χ1) is 12.5. The molecule has 2 aromatic carbocycles. The molecule has 0 unspecified atom stereocenters. The molecular formula is C19H17F2NO4. The van der Waals surface area contributed by atoms with Crippen molar-refractivity contribution in [2.24, 2.45) is 0 Å². The molecule has 136 valence electrons. The van der Waals surface area contributed by atoms with Crippen molar-refractivity contribution in [3.8, 4) is 5.75 Å². The number of rotatable bonds is 5. The highest BCUT2D eigenvalue weighted by Gasteiger charge is 2.23. The number of aryl methyl sites for hydroxylation is 1. The van der Waals surface area contributed by atoms with Crippen LogP contribution in [0.25, 0.3) is 0 Å². The molecule has 0 spiro atoms. The molecule has 7 heteroatoms. The van der Waals surface area contributed by atoms with Crippen molar-refractivity contribution in [2.75, 3.05) is 18.1 Å². The summed E-state index contributed by atoms with van der Waals surface area (Å²) in [4.78, 5) is 26.1. The van der Waals surface area contributed by atoms with Gasteiger partial charge >= 0.3 is 12.6 Å². The lowest BCUT2D eigenvalue weighted by Crippen LogP contribution is -2.38. The highest BCUT2D eigenvalue weighted by molar-refractivity contribution is 5.98. The zero-order valence-corrected chi connectivity index (χ0v) is 13.9. The van der Waals surface area contributed by atoms with Crippen LogP contribution < -0.4 is 9.64 Å². The number of ether oxygens (including phenoxy) is 2. The third-order valence-corrected chi connectivity index (χ3v) is 4.03. The molecule has 0 saturated carbocycles. The minimum Gasteiger partial charge on any atom is -0.452 e. The van der Waals surface area contributed by atoms with E-state index in [1.54, 1.807) is 4.90 Å². The van der Waals surface area contributed by atoms with Crippen LogP contribution in [0.3, 0.4) is 0 Å². The fraction of sp³-hybridized carbons (Fsp3) is 0.263. The van der Waals surface area contributed by atoms with Crippen molar-refractivity contribution in [2.45, 2.75) is 19.5 Å². The second-order valence-electron chi connectivity index (χ2n) is 5.76. The molecule has 1 heterocycles. The van der Waals surface area contributed by atoms with Crippen LogP contribution in [-0.4, -0.2) is 31.6 Å². The molecule has 0 saturated heterocycles. The van der Waals surface area contributed by atoms with Crippen LogP contribution >= 0.6 is 0 Å². The fourth-order valence-electron chi connectivity index (χ4n) is 2.88. The smallest absolute Gasteiger partial charge is 0.387 e. The van der Waals surface area contributed by atoms with Gasteiger partial charge in [0.2, 0.25) is 0 Å². The summed E-state index contributed by atoms with van der Waals surface area (Å²) in [5, 5.41) is 0. The summed E-state index contributed by atoms with van der Waals surface area (Å²) in [6, 6.07) is 12.9. The lowest BCUT2D eigenvalue weighted by molar-refractivity contribution is -0.121. The number of para-hydroxylation sites is 1. The summed E-state index contributed by atoms with van der Waals surface area (Å²) in [6.07, 6.45) is 1.74. The third kappa shape index (κ3) is 4.17. The number of anilines is 1. The van der Waals surface area contributed by atoms with Crippen LogP contribution in [0.1, 0.15) is 22.3 Å². The van der Waals surface area contributed by atoms with E-state index < -0.39 is 19.2 Å². The predicted octanol–water partition coefficient (Wildman–Crippen LogP) is 3.42. The molecule has 0 fully saturated rings. The van der Waals surface area contributed by atoms with Gasteiger partial charge in [-0.1, -0.05) is 24.3 Å². The first-order valence-corrected chi connectivity index (χ1v) is 8.15. The van der Waals surface area contributed by atoms with Crippen LogP contribution in [0.4, 0.5) is 14.5 Å². The van der Waals surface area contributed by atoms with E-state index in [-0.39, 0.29) is 17.2 Å². The number of hydrogen-bond acceptors (Lipinski definition) is 4. The molecule has 0 aliphatic carbocycles. The van der Waals surface area contributed by atoms with E-state index in [1.807, 2.05) is 24.3 Å². The number of fused-ring (bicyclic) bond motifs is 1. The van der Waals surface area contributed by atoms with Crippen LogP contribution in [0.5, 0.6) is 5.75 Å². The van der Waals surface area contributed by atoms with Gasteiger partial charge in [0.15, 0.2) is 6.61 Å². The van der Waals surface area contributed by atoms with Gasteiger partial charge in [-0.3, -0.25) is 4.79 Å². The largest absolute Gasteiger partial charge is 0.452 e. The lowest BCUT2D eigenvalue weighted by atomic mass is 10.0. The molecule has 1 aliphatic heterocycles. The Morgan fingerprint density at radius 1 is 1.12 bits per heavy atom. The van der Waals surface area contributed by atoms with E-state index in [2.05, 4.69) is 4.74 Å². The van der Waals surface area contributed by atoms with E-state index in [0.29, 0.717) is 6.54 Å². The van der Waals surface area contributed by atoms with Crippen molar-refractivity contribution in [3.05, 3.63) is 59.7 Å². The zero-order chi connectivity index (χ0) is 18.5. The van der Waals surface area contributed by atoms with Crippen LogP contribution in [0.15, 0.2) is 48.5 Å². The number of alkyl halides is 2. The number of halogens is 2. The Bertz CT molecular complexity index is 810. The van der Waals surface area contributed by atoms with Gasteiger partial charge in [0, 0.05) is 12.2 Å². The second-order valence-corrected chi connectivity index (χ2v) is 5.76. The summed E-state index contributed by atoms with van der Waals surface area (Å²) >= 11 is 0. The Labute approximate surface area is 149 Å². The minimum absolute atomic E-state index is 0.0370. The average molecular weight is 361 g/mol. The summed E-state index contributed by atoms with van der Waals surface area (Å²) < 4.78 is 33.8. The summed E-state index contributed by atoms with van der Waals surface area (Å²) in [7, 11) is 0. The number of hydrogen-bond donors (Lipinski definition) is 0. The van der Waals surface area contributed by atoms with Crippen molar-refractivity contribution in [1.29, 1.82) is 0 Å². The van der Waals surface area contributed by atoms with Gasteiger partial charge < -0.3 is 14.4 Å². The third-order valence-electron chi connectivity index (χ3n) is 4.03. The lowest BCUT2D eigenvalue weighted by Gasteiger charge is -2.29. The molecule has 26 heavy (non-hydrogen) atoms. The monoisotopic (exact) mass is 361 g/mol. The van der Waals surface area contributed by atoms with Gasteiger partial charge in [-0.2, -0.15) is 8.78 Å². The van der Waals surface area contributed by atoms with E-state index in [9.17, 15) is 18.4 Å². The number of esters is 1. The molecule has 5 nitrogen and oxygen atoms in total. The summed E-state index contributed by atoms with van der Waals surface area (Å²) in [5.74, 6) is -1.25. The van der Waals surface area contributed by atoms with Crippen molar-refractivity contribution >= 4 is 17.6 Å². The second kappa shape index (κ2) is 7.95. The first kappa shape index (κ1) is 17.8. The molecule has 0 N–H and O–H groups in total. The molecular weight excluding hydrogens is 344 g/mol. The maximum absolute atomic E-state index is 12.4. The summed E-state index contributed by atoms with van der Waals surface area (Å²) in [5.41, 5.74) is 1.94. The molecule has 3 rings (SSSR count). The topological polar surface area (TPSA) is 55.8 Å². The Morgan fingerprint density at radius 2 is 1.92 bits per heavy atom. The van der Waals surface area contributed by atoms with Crippen LogP contribution in [0, 0.1) is 0 Å². The zero-order valence-electron chi connectivity index (χ0n) is 13.9. The van der Waals surface area contributed by atoms with Gasteiger partial charge in [0.1, 0.15) is 5.75 Å². The van der Waals surface area contributed by atoms with Crippen molar-refractivity contribution in [3.63, 3.8) is 0 Å². The Kier molecular flexibility index (Phi) is 5.46. The highest BCUT2D eigenvalue weighted by Crippen LogP contribution is 2.26. The average Bonchev–Trinajstić information content (AvgIpc) is 2.65. The van der Waals surface area contributed by atoms with E-state index in [1.165, 1.54) is 18.2 Å². The minimum atomic E-state index is -2.98. The Morgan fingerprint density at radius 3 is 2.73 bits per heavy atom. The number of carbonyl (C=O) groups is 2. The van der Waals surface area contributed by atoms with E-state index in [0.717, 1.165) is 30.2 Å². The first-order valence-electron chi connectivity index (χ1n) is 8.15. The van der Waals surface area contributed by atoms with Crippen LogP contribution in [-0.2, 0) is 16.0 Å². The standard InChI is InChI=1S/C19H17F2NO4/c20-19(21)26-15-8-3-6-14(11-15)18(24)25-12-17(23)22-10-4-7-13-5-1-2-9-16(13)22/h1-3,5-6,8-9,11,19H,4,7,10,12H2. The van der Waals surface area contributed by atoms with Crippen LogP contribution in [0.2, 0.25) is 0 Å². The molecule has 0 aromatic heterocycles. The number of amides is 1. The fourth-order valence-corrected chi connectivity index (χ4v) is 2.88.